The minimum absolute atomic E-state index is 0.0633. The number of hydrogen-bond donors (Lipinski definition) is 1. The summed E-state index contributed by atoms with van der Waals surface area (Å²) in [7, 11) is 0. The van der Waals surface area contributed by atoms with Crippen LogP contribution < -0.4 is 10.1 Å². The zero-order valence-electron chi connectivity index (χ0n) is 17.6. The van der Waals surface area contributed by atoms with Crippen LogP contribution in [-0.2, 0) is 9.53 Å². The number of rotatable bonds is 8. The van der Waals surface area contributed by atoms with Gasteiger partial charge in [-0.05, 0) is 37.8 Å². The predicted molar refractivity (Wildman–Crippen MR) is 111 cm³/mol. The smallest absolute Gasteiger partial charge is 0.362 e. The molecule has 1 amide bonds. The van der Waals surface area contributed by atoms with Crippen LogP contribution in [0.15, 0.2) is 30.5 Å². The molecule has 0 radical (unpaired) electrons. The third-order valence-corrected chi connectivity index (χ3v) is 5.29. The molecular formula is C21H26N4O6. The maximum Gasteiger partial charge on any atom is 0.362 e. The van der Waals surface area contributed by atoms with Crippen molar-refractivity contribution in [2.75, 3.05) is 13.2 Å². The number of benzene rings is 1. The fourth-order valence-electron chi connectivity index (χ4n) is 3.59. The van der Waals surface area contributed by atoms with Crippen LogP contribution in [0.25, 0.3) is 5.69 Å². The van der Waals surface area contributed by atoms with Crippen LogP contribution >= 0.6 is 0 Å². The molecule has 0 spiro atoms. The van der Waals surface area contributed by atoms with E-state index >= 15 is 0 Å². The molecular weight excluding hydrogens is 404 g/mol. The first-order chi connectivity index (χ1) is 14.9. The maximum atomic E-state index is 12.4. The lowest BCUT2D eigenvalue weighted by atomic mass is 9.86. The van der Waals surface area contributed by atoms with E-state index in [9.17, 15) is 19.7 Å². The van der Waals surface area contributed by atoms with Crippen molar-refractivity contribution in [3.63, 3.8) is 0 Å². The molecule has 1 aliphatic carbocycles. The zero-order chi connectivity index (χ0) is 22.4. The number of ether oxygens (including phenoxy) is 2. The van der Waals surface area contributed by atoms with Gasteiger partial charge >= 0.3 is 5.97 Å². The van der Waals surface area contributed by atoms with Crippen molar-refractivity contribution in [1.29, 1.82) is 0 Å². The average Bonchev–Trinajstić information content (AvgIpc) is 3.18. The molecule has 3 rings (SSSR count). The summed E-state index contributed by atoms with van der Waals surface area (Å²) in [5.41, 5.74) is 0.358. The van der Waals surface area contributed by atoms with Gasteiger partial charge < -0.3 is 14.8 Å². The minimum Gasteiger partial charge on any atom is -0.480 e. The number of nitro benzene ring substituents is 1. The fourth-order valence-corrected chi connectivity index (χ4v) is 3.59. The maximum absolute atomic E-state index is 12.4. The minimum atomic E-state index is -0.681. The Bertz CT molecular complexity index is 940. The van der Waals surface area contributed by atoms with Gasteiger partial charge in [-0.3, -0.25) is 14.9 Å². The SMILES string of the molecule is CCOC(=O)c1nn(-c2ccc([N+](=O)[O-])cc2)cc1OCC(=O)NC1CCCCC1C. The van der Waals surface area contributed by atoms with E-state index in [1.165, 1.54) is 41.6 Å². The average molecular weight is 430 g/mol. The Labute approximate surface area is 179 Å². The fraction of sp³-hybridized carbons (Fsp3) is 0.476. The van der Waals surface area contributed by atoms with Gasteiger partial charge in [0.25, 0.3) is 11.6 Å². The number of nitrogens with zero attached hydrogens (tertiary/aromatic N) is 3. The highest BCUT2D eigenvalue weighted by Crippen LogP contribution is 2.24. The van der Waals surface area contributed by atoms with Gasteiger partial charge in [-0.2, -0.15) is 5.10 Å². The summed E-state index contributed by atoms with van der Waals surface area (Å²) < 4.78 is 12.0. The van der Waals surface area contributed by atoms with Crippen molar-refractivity contribution in [3.05, 3.63) is 46.3 Å². The molecule has 1 N–H and O–H groups in total. The molecule has 166 valence electrons. The Morgan fingerprint density at radius 1 is 1.26 bits per heavy atom. The van der Waals surface area contributed by atoms with Crippen molar-refractivity contribution in [1.82, 2.24) is 15.1 Å². The number of nitro groups is 1. The standard InChI is InChI=1S/C21H26N4O6/c1-3-30-21(27)20-18(31-13-19(26)22-17-7-5-4-6-14(17)2)12-24(23-20)15-8-10-16(11-9-15)25(28)29/h8-12,14,17H,3-7,13H2,1-2H3,(H,22,26). The van der Waals surface area contributed by atoms with E-state index in [1.54, 1.807) is 6.92 Å². The summed E-state index contributed by atoms with van der Waals surface area (Å²) >= 11 is 0. The Balaban J connectivity index is 1.74. The molecule has 0 saturated heterocycles. The first-order valence-corrected chi connectivity index (χ1v) is 10.3. The highest BCUT2D eigenvalue weighted by atomic mass is 16.6. The Morgan fingerprint density at radius 3 is 2.61 bits per heavy atom. The van der Waals surface area contributed by atoms with Crippen molar-refractivity contribution >= 4 is 17.6 Å². The van der Waals surface area contributed by atoms with Gasteiger partial charge in [0.2, 0.25) is 5.69 Å². The second-order valence-electron chi connectivity index (χ2n) is 7.50. The summed E-state index contributed by atoms with van der Waals surface area (Å²) in [6.45, 7) is 3.69. The number of nitrogens with one attached hydrogen (secondary N) is 1. The summed E-state index contributed by atoms with van der Waals surface area (Å²) in [6.07, 6.45) is 5.74. The van der Waals surface area contributed by atoms with Crippen LogP contribution in [-0.4, -0.2) is 45.8 Å². The number of amides is 1. The number of carbonyl (C=O) groups excluding carboxylic acids is 2. The van der Waals surface area contributed by atoms with Gasteiger partial charge in [0.05, 0.1) is 23.4 Å². The Morgan fingerprint density at radius 2 is 1.97 bits per heavy atom. The molecule has 1 fully saturated rings. The molecule has 31 heavy (non-hydrogen) atoms. The van der Waals surface area contributed by atoms with E-state index in [4.69, 9.17) is 9.47 Å². The van der Waals surface area contributed by atoms with Crippen molar-refractivity contribution < 1.29 is 24.0 Å². The molecule has 10 heteroatoms. The van der Waals surface area contributed by atoms with Gasteiger partial charge in [-0.25, -0.2) is 9.48 Å². The molecule has 1 aliphatic rings. The summed E-state index contributed by atoms with van der Waals surface area (Å²) in [5, 5.41) is 18.0. The van der Waals surface area contributed by atoms with Crippen LogP contribution in [0.2, 0.25) is 0 Å². The molecule has 1 saturated carbocycles. The van der Waals surface area contributed by atoms with E-state index in [0.717, 1.165) is 19.3 Å². The van der Waals surface area contributed by atoms with E-state index < -0.39 is 10.9 Å². The first kappa shape index (κ1) is 22.3. The van der Waals surface area contributed by atoms with Gasteiger partial charge in [0.1, 0.15) is 0 Å². The Hall–Kier alpha value is -3.43. The molecule has 1 aromatic heterocycles. The third-order valence-electron chi connectivity index (χ3n) is 5.29. The highest BCUT2D eigenvalue weighted by molar-refractivity contribution is 5.90. The Kier molecular flexibility index (Phi) is 7.22. The molecule has 2 atom stereocenters. The third kappa shape index (κ3) is 5.59. The topological polar surface area (TPSA) is 126 Å². The molecule has 1 heterocycles. The van der Waals surface area contributed by atoms with Crippen LogP contribution in [0.1, 0.15) is 50.0 Å². The second kappa shape index (κ2) is 10.1. The molecule has 2 unspecified atom stereocenters. The van der Waals surface area contributed by atoms with E-state index in [2.05, 4.69) is 17.3 Å². The van der Waals surface area contributed by atoms with E-state index in [1.807, 2.05) is 0 Å². The lowest BCUT2D eigenvalue weighted by Crippen LogP contribution is -2.43. The second-order valence-corrected chi connectivity index (χ2v) is 7.50. The predicted octanol–water partition coefficient (Wildman–Crippen LogP) is 3.03. The van der Waals surface area contributed by atoms with E-state index in [-0.39, 0.29) is 42.3 Å². The van der Waals surface area contributed by atoms with Crippen LogP contribution in [0.3, 0.4) is 0 Å². The molecule has 0 bridgehead atoms. The van der Waals surface area contributed by atoms with Crippen LogP contribution in [0, 0.1) is 16.0 Å². The lowest BCUT2D eigenvalue weighted by Gasteiger charge is -2.29. The van der Waals surface area contributed by atoms with E-state index in [0.29, 0.717) is 11.6 Å². The highest BCUT2D eigenvalue weighted by Gasteiger charge is 2.24. The largest absolute Gasteiger partial charge is 0.480 e. The van der Waals surface area contributed by atoms with Crippen LogP contribution in [0.5, 0.6) is 5.75 Å². The van der Waals surface area contributed by atoms with Gasteiger partial charge in [0, 0.05) is 18.2 Å². The first-order valence-electron chi connectivity index (χ1n) is 10.3. The summed E-state index contributed by atoms with van der Waals surface area (Å²) in [6, 6.07) is 5.79. The lowest BCUT2D eigenvalue weighted by molar-refractivity contribution is -0.384. The van der Waals surface area contributed by atoms with Gasteiger partial charge in [0.15, 0.2) is 12.4 Å². The van der Waals surface area contributed by atoms with Crippen molar-refractivity contribution in [2.45, 2.75) is 45.6 Å². The summed E-state index contributed by atoms with van der Waals surface area (Å²) in [5.74, 6) is -0.433. The number of hydrogen-bond acceptors (Lipinski definition) is 7. The molecule has 0 aliphatic heterocycles. The van der Waals surface area contributed by atoms with Crippen molar-refractivity contribution in [3.8, 4) is 11.4 Å². The van der Waals surface area contributed by atoms with Gasteiger partial charge in [-0.15, -0.1) is 0 Å². The van der Waals surface area contributed by atoms with Crippen molar-refractivity contribution in [2.24, 2.45) is 5.92 Å². The quantitative estimate of drug-likeness (QED) is 0.387. The van der Waals surface area contributed by atoms with Crippen LogP contribution in [0.4, 0.5) is 5.69 Å². The number of non-ortho nitro benzene ring substituents is 1. The monoisotopic (exact) mass is 430 g/mol. The molecule has 1 aromatic carbocycles. The molecule has 2 aromatic rings. The van der Waals surface area contributed by atoms with Gasteiger partial charge in [-0.1, -0.05) is 19.8 Å². The number of esters is 1. The zero-order valence-corrected chi connectivity index (χ0v) is 17.6. The summed E-state index contributed by atoms with van der Waals surface area (Å²) in [4.78, 5) is 35.0. The molecule has 10 nitrogen and oxygen atoms in total. The normalized spacial score (nSPS) is 18.3. The number of carbonyl (C=O) groups is 2. The number of aromatic nitrogens is 2.